The summed E-state index contributed by atoms with van der Waals surface area (Å²) in [5, 5.41) is 17.0. The average molecular weight is 276 g/mol. The van der Waals surface area contributed by atoms with Gasteiger partial charge >= 0.3 is 0 Å². The quantitative estimate of drug-likeness (QED) is 0.653. The molecular weight excluding hydrogens is 264 g/mol. The molecule has 8 nitrogen and oxygen atoms in total. The Kier molecular flexibility index (Phi) is 4.04. The molecule has 0 fully saturated rings. The van der Waals surface area contributed by atoms with Gasteiger partial charge in [-0.15, -0.1) is 0 Å². The number of nitro benzene ring substituents is 1. The number of hydrogen-bond donors (Lipinski definition) is 1. The average Bonchev–Trinajstić information content (AvgIpc) is 2.92. The third-order valence-corrected chi connectivity index (χ3v) is 2.57. The van der Waals surface area contributed by atoms with Gasteiger partial charge in [-0.2, -0.15) is 4.98 Å². The number of hydrogen-bond acceptors (Lipinski definition) is 6. The van der Waals surface area contributed by atoms with Crippen LogP contribution in [-0.2, 0) is 13.0 Å². The number of carbonyl (C=O) groups excluding carboxylic acids is 1. The molecule has 0 aliphatic heterocycles. The van der Waals surface area contributed by atoms with E-state index < -0.39 is 10.8 Å². The molecule has 0 aliphatic rings. The summed E-state index contributed by atoms with van der Waals surface area (Å²) in [5.41, 5.74) is -0.246. The van der Waals surface area contributed by atoms with E-state index in [0.717, 1.165) is 0 Å². The van der Waals surface area contributed by atoms with Crippen molar-refractivity contribution in [2.24, 2.45) is 0 Å². The first-order chi connectivity index (χ1) is 9.61. The molecule has 1 aromatic carbocycles. The van der Waals surface area contributed by atoms with Crippen LogP contribution in [0.25, 0.3) is 0 Å². The number of rotatable bonds is 5. The van der Waals surface area contributed by atoms with Crippen LogP contribution in [0.15, 0.2) is 28.8 Å². The highest BCUT2D eigenvalue weighted by atomic mass is 16.6. The van der Waals surface area contributed by atoms with Crippen LogP contribution in [0.4, 0.5) is 5.69 Å². The predicted octanol–water partition coefficient (Wildman–Crippen LogP) is 1.47. The molecule has 0 aliphatic carbocycles. The van der Waals surface area contributed by atoms with E-state index >= 15 is 0 Å². The monoisotopic (exact) mass is 276 g/mol. The third-order valence-electron chi connectivity index (χ3n) is 2.57. The van der Waals surface area contributed by atoms with Gasteiger partial charge in [0.05, 0.1) is 11.5 Å². The van der Waals surface area contributed by atoms with Crippen LogP contribution in [0, 0.1) is 10.1 Å². The van der Waals surface area contributed by atoms with Crippen molar-refractivity contribution in [1.29, 1.82) is 0 Å². The lowest BCUT2D eigenvalue weighted by atomic mass is 10.1. The van der Waals surface area contributed by atoms with Crippen molar-refractivity contribution in [2.75, 3.05) is 0 Å². The summed E-state index contributed by atoms with van der Waals surface area (Å²) in [6.45, 7) is 1.91. The van der Waals surface area contributed by atoms with Gasteiger partial charge in [-0.25, -0.2) is 0 Å². The summed E-state index contributed by atoms with van der Waals surface area (Å²) in [6.07, 6.45) is 0.602. The second kappa shape index (κ2) is 5.91. The number of aromatic nitrogens is 2. The minimum Gasteiger partial charge on any atom is -0.344 e. The molecule has 0 spiro atoms. The number of nitro groups is 1. The van der Waals surface area contributed by atoms with E-state index in [1.54, 1.807) is 6.07 Å². The van der Waals surface area contributed by atoms with Crippen molar-refractivity contribution in [3.8, 4) is 0 Å². The van der Waals surface area contributed by atoms with E-state index in [1.807, 2.05) is 6.92 Å². The van der Waals surface area contributed by atoms with Gasteiger partial charge in [-0.1, -0.05) is 24.2 Å². The van der Waals surface area contributed by atoms with E-state index in [-0.39, 0.29) is 17.8 Å². The molecule has 0 bridgehead atoms. The SMILES string of the molecule is CCc1nc(CNC(=O)c2ccccc2[N+](=O)[O-])no1. The number of para-hydroxylation sites is 1. The Morgan fingerprint density at radius 1 is 1.45 bits per heavy atom. The maximum absolute atomic E-state index is 11.9. The molecule has 2 aromatic rings. The predicted molar refractivity (Wildman–Crippen MR) is 67.9 cm³/mol. The second-order valence-electron chi connectivity index (χ2n) is 3.91. The number of nitrogens with zero attached hydrogens (tertiary/aromatic N) is 3. The van der Waals surface area contributed by atoms with E-state index in [2.05, 4.69) is 15.5 Å². The molecule has 1 N–H and O–H groups in total. The van der Waals surface area contributed by atoms with Gasteiger partial charge in [0.25, 0.3) is 11.6 Å². The Labute approximate surface area is 113 Å². The zero-order valence-electron chi connectivity index (χ0n) is 10.7. The fourth-order valence-electron chi connectivity index (χ4n) is 1.58. The Morgan fingerprint density at radius 2 is 2.20 bits per heavy atom. The Morgan fingerprint density at radius 3 is 2.85 bits per heavy atom. The molecule has 0 unspecified atom stereocenters. The molecule has 1 heterocycles. The lowest BCUT2D eigenvalue weighted by Gasteiger charge is -2.03. The van der Waals surface area contributed by atoms with Crippen molar-refractivity contribution in [2.45, 2.75) is 19.9 Å². The molecule has 1 amide bonds. The molecule has 20 heavy (non-hydrogen) atoms. The van der Waals surface area contributed by atoms with E-state index in [4.69, 9.17) is 4.52 Å². The van der Waals surface area contributed by atoms with Crippen molar-refractivity contribution in [3.63, 3.8) is 0 Å². The lowest BCUT2D eigenvalue weighted by Crippen LogP contribution is -2.24. The van der Waals surface area contributed by atoms with Crippen LogP contribution in [0.1, 0.15) is 29.0 Å². The van der Waals surface area contributed by atoms with Crippen LogP contribution in [0.2, 0.25) is 0 Å². The van der Waals surface area contributed by atoms with Crippen LogP contribution in [-0.4, -0.2) is 21.0 Å². The van der Waals surface area contributed by atoms with Gasteiger partial charge in [0.2, 0.25) is 5.89 Å². The first-order valence-electron chi connectivity index (χ1n) is 5.95. The van der Waals surface area contributed by atoms with Gasteiger partial charge in [0.15, 0.2) is 5.82 Å². The van der Waals surface area contributed by atoms with Gasteiger partial charge in [0.1, 0.15) is 5.56 Å². The maximum atomic E-state index is 11.9. The molecular formula is C12H12N4O4. The van der Waals surface area contributed by atoms with E-state index in [9.17, 15) is 14.9 Å². The van der Waals surface area contributed by atoms with Crippen molar-refractivity contribution < 1.29 is 14.2 Å². The summed E-state index contributed by atoms with van der Waals surface area (Å²) in [6, 6.07) is 5.73. The summed E-state index contributed by atoms with van der Waals surface area (Å²) in [5.74, 6) is 0.244. The van der Waals surface area contributed by atoms with Crippen LogP contribution < -0.4 is 5.32 Å². The second-order valence-corrected chi connectivity index (χ2v) is 3.91. The zero-order chi connectivity index (χ0) is 14.5. The van der Waals surface area contributed by atoms with E-state index in [1.165, 1.54) is 18.2 Å². The van der Waals surface area contributed by atoms with Crippen molar-refractivity contribution in [1.82, 2.24) is 15.5 Å². The van der Waals surface area contributed by atoms with E-state index in [0.29, 0.717) is 18.1 Å². The van der Waals surface area contributed by atoms with Crippen molar-refractivity contribution in [3.05, 3.63) is 51.7 Å². The van der Waals surface area contributed by atoms with Crippen LogP contribution in [0.5, 0.6) is 0 Å². The number of carbonyl (C=O) groups is 1. The summed E-state index contributed by atoms with van der Waals surface area (Å²) in [4.78, 5) is 26.2. The highest BCUT2D eigenvalue weighted by Crippen LogP contribution is 2.17. The molecule has 8 heteroatoms. The minimum atomic E-state index is -0.599. The summed E-state index contributed by atoms with van der Waals surface area (Å²) < 4.78 is 4.89. The fourth-order valence-corrected chi connectivity index (χ4v) is 1.58. The lowest BCUT2D eigenvalue weighted by molar-refractivity contribution is -0.385. The van der Waals surface area contributed by atoms with Gasteiger partial charge in [-0.05, 0) is 6.07 Å². The van der Waals surface area contributed by atoms with Gasteiger partial charge < -0.3 is 9.84 Å². The summed E-state index contributed by atoms with van der Waals surface area (Å²) >= 11 is 0. The molecule has 0 saturated heterocycles. The normalized spacial score (nSPS) is 10.2. The van der Waals surface area contributed by atoms with Crippen LogP contribution in [0.3, 0.4) is 0 Å². The van der Waals surface area contributed by atoms with Crippen molar-refractivity contribution >= 4 is 11.6 Å². The highest BCUT2D eigenvalue weighted by molar-refractivity contribution is 5.97. The Balaban J connectivity index is 2.07. The van der Waals surface area contributed by atoms with Gasteiger partial charge in [-0.3, -0.25) is 14.9 Å². The topological polar surface area (TPSA) is 111 Å². The maximum Gasteiger partial charge on any atom is 0.282 e. The molecule has 0 saturated carbocycles. The molecule has 2 rings (SSSR count). The Bertz CT molecular complexity index is 638. The molecule has 104 valence electrons. The zero-order valence-corrected chi connectivity index (χ0v) is 10.7. The fraction of sp³-hybridized carbons (Fsp3) is 0.250. The number of benzene rings is 1. The Hall–Kier alpha value is -2.77. The van der Waals surface area contributed by atoms with Gasteiger partial charge in [0, 0.05) is 12.5 Å². The third kappa shape index (κ3) is 2.97. The molecule has 0 atom stereocenters. The standard InChI is InChI=1S/C12H12N4O4/c1-2-11-14-10(15-20-11)7-13-12(17)8-5-3-4-6-9(8)16(18)19/h3-6H,2,7H2,1H3,(H,13,17). The minimum absolute atomic E-state index is 0.00305. The molecule has 0 radical (unpaired) electrons. The first kappa shape index (κ1) is 13.7. The first-order valence-corrected chi connectivity index (χ1v) is 5.95. The number of nitrogens with one attached hydrogen (secondary N) is 1. The highest BCUT2D eigenvalue weighted by Gasteiger charge is 2.19. The van der Waals surface area contributed by atoms with Crippen LogP contribution >= 0.6 is 0 Å². The smallest absolute Gasteiger partial charge is 0.282 e. The largest absolute Gasteiger partial charge is 0.344 e. The number of aryl methyl sites for hydroxylation is 1. The summed E-state index contributed by atoms with van der Waals surface area (Å²) in [7, 11) is 0. The molecule has 1 aromatic heterocycles. The number of amides is 1.